The van der Waals surface area contributed by atoms with E-state index in [0.29, 0.717) is 6.54 Å². The van der Waals surface area contributed by atoms with Crippen LogP contribution in [0.15, 0.2) is 0 Å². The highest BCUT2D eigenvalue weighted by Gasteiger charge is 2.16. The Hall–Kier alpha value is -0.580. The van der Waals surface area contributed by atoms with Crippen LogP contribution in [-0.4, -0.2) is 39.5 Å². The molecule has 0 bridgehead atoms. The Balaban J connectivity index is 2.87. The monoisotopic (exact) mass is 245 g/mol. The molecule has 1 unspecified atom stereocenters. The van der Waals surface area contributed by atoms with Crippen LogP contribution < -0.4 is 0 Å². The number of likely N-dealkylation sites (N-methyl/N-ethyl adjacent to an activating group) is 1. The minimum Gasteiger partial charge on any atom is -0.395 e. The maximum Gasteiger partial charge on any atom is 0.0860 e. The molecule has 16 heavy (non-hydrogen) atoms. The standard InChI is InChI=1S/C11H20ClN3O/c1-5-15-10(11(12)9(3)13-15)6-14(4)8(2)7-16/h8,16H,5-7H2,1-4H3. The lowest BCUT2D eigenvalue weighted by molar-refractivity contribution is 0.151. The first kappa shape index (κ1) is 13.5. The predicted octanol–water partition coefficient (Wildman–Crippen LogP) is 1.68. The van der Waals surface area contributed by atoms with Crippen LogP contribution in [0.4, 0.5) is 0 Å². The molecule has 0 spiro atoms. The third kappa shape index (κ3) is 2.75. The van der Waals surface area contributed by atoms with Gasteiger partial charge in [0.1, 0.15) is 0 Å². The van der Waals surface area contributed by atoms with Crippen LogP contribution in [-0.2, 0) is 13.1 Å². The lowest BCUT2D eigenvalue weighted by atomic mass is 10.3. The number of nitrogens with zero attached hydrogens (tertiary/aromatic N) is 3. The molecule has 1 N–H and O–H groups in total. The number of rotatable bonds is 5. The second-order valence-corrected chi connectivity index (χ2v) is 4.49. The number of aromatic nitrogens is 2. The second kappa shape index (κ2) is 5.66. The van der Waals surface area contributed by atoms with Gasteiger partial charge in [-0.2, -0.15) is 5.10 Å². The summed E-state index contributed by atoms with van der Waals surface area (Å²) in [5.74, 6) is 0. The van der Waals surface area contributed by atoms with E-state index in [-0.39, 0.29) is 12.6 Å². The molecule has 1 atom stereocenters. The van der Waals surface area contributed by atoms with Crippen molar-refractivity contribution in [1.82, 2.24) is 14.7 Å². The summed E-state index contributed by atoms with van der Waals surface area (Å²) in [6.45, 7) is 7.59. The van der Waals surface area contributed by atoms with Crippen LogP contribution >= 0.6 is 11.6 Å². The van der Waals surface area contributed by atoms with Gasteiger partial charge < -0.3 is 5.11 Å². The number of hydrogen-bond acceptors (Lipinski definition) is 3. The summed E-state index contributed by atoms with van der Waals surface area (Å²) in [5, 5.41) is 14.2. The molecule has 0 fully saturated rings. The van der Waals surface area contributed by atoms with Crippen molar-refractivity contribution in [3.8, 4) is 0 Å². The first-order valence-electron chi connectivity index (χ1n) is 5.54. The summed E-state index contributed by atoms with van der Waals surface area (Å²) in [4.78, 5) is 2.06. The SMILES string of the molecule is CCn1nc(C)c(Cl)c1CN(C)C(C)CO. The Morgan fingerprint density at radius 1 is 1.56 bits per heavy atom. The summed E-state index contributed by atoms with van der Waals surface area (Å²) >= 11 is 6.21. The smallest absolute Gasteiger partial charge is 0.0860 e. The molecule has 5 heteroatoms. The number of aliphatic hydroxyl groups excluding tert-OH is 1. The van der Waals surface area contributed by atoms with E-state index < -0.39 is 0 Å². The molecule has 1 aromatic rings. The zero-order chi connectivity index (χ0) is 12.3. The van der Waals surface area contributed by atoms with E-state index in [9.17, 15) is 0 Å². The topological polar surface area (TPSA) is 41.3 Å². The molecule has 4 nitrogen and oxygen atoms in total. The van der Waals surface area contributed by atoms with E-state index >= 15 is 0 Å². The maximum atomic E-state index is 9.09. The van der Waals surface area contributed by atoms with Gasteiger partial charge in [-0.3, -0.25) is 9.58 Å². The third-order valence-corrected chi connectivity index (χ3v) is 3.36. The fraction of sp³-hybridized carbons (Fsp3) is 0.727. The molecular weight excluding hydrogens is 226 g/mol. The number of hydrogen-bond donors (Lipinski definition) is 1. The Morgan fingerprint density at radius 2 is 2.19 bits per heavy atom. The minimum atomic E-state index is 0.122. The fourth-order valence-corrected chi connectivity index (χ4v) is 1.75. The normalized spacial score (nSPS) is 13.4. The van der Waals surface area contributed by atoms with E-state index in [0.717, 1.165) is 23.0 Å². The molecule has 0 aromatic carbocycles. The Morgan fingerprint density at radius 3 is 2.69 bits per heavy atom. The van der Waals surface area contributed by atoms with Gasteiger partial charge in [-0.25, -0.2) is 0 Å². The van der Waals surface area contributed by atoms with Crippen molar-refractivity contribution < 1.29 is 5.11 Å². The van der Waals surface area contributed by atoms with Crippen molar-refractivity contribution in [2.75, 3.05) is 13.7 Å². The van der Waals surface area contributed by atoms with E-state index in [4.69, 9.17) is 16.7 Å². The van der Waals surface area contributed by atoms with Gasteiger partial charge in [-0.05, 0) is 27.8 Å². The molecule has 0 radical (unpaired) electrons. The Labute approximate surface area is 102 Å². The predicted molar refractivity (Wildman–Crippen MR) is 65.7 cm³/mol. The molecule has 0 saturated heterocycles. The molecule has 0 aliphatic heterocycles. The number of aliphatic hydroxyl groups is 1. The molecule has 0 saturated carbocycles. The lowest BCUT2D eigenvalue weighted by Gasteiger charge is -2.23. The quantitative estimate of drug-likeness (QED) is 0.858. The average molecular weight is 246 g/mol. The van der Waals surface area contributed by atoms with Gasteiger partial charge in [-0.15, -0.1) is 0 Å². The highest BCUT2D eigenvalue weighted by molar-refractivity contribution is 6.31. The molecule has 0 aliphatic carbocycles. The first-order valence-corrected chi connectivity index (χ1v) is 5.91. The summed E-state index contributed by atoms with van der Waals surface area (Å²) in [5.41, 5.74) is 1.88. The highest BCUT2D eigenvalue weighted by atomic mass is 35.5. The number of aryl methyl sites for hydroxylation is 2. The van der Waals surface area contributed by atoms with Crippen LogP contribution in [0.5, 0.6) is 0 Å². The number of halogens is 1. The molecule has 0 aliphatic rings. The van der Waals surface area contributed by atoms with Gasteiger partial charge in [0.15, 0.2) is 0 Å². The Bertz CT molecular complexity index is 351. The van der Waals surface area contributed by atoms with Crippen LogP contribution in [0, 0.1) is 6.92 Å². The second-order valence-electron chi connectivity index (χ2n) is 4.11. The van der Waals surface area contributed by atoms with Crippen molar-refractivity contribution in [1.29, 1.82) is 0 Å². The first-order chi connectivity index (χ1) is 7.51. The summed E-state index contributed by atoms with van der Waals surface area (Å²) in [6.07, 6.45) is 0. The molecule has 0 amide bonds. The van der Waals surface area contributed by atoms with Gasteiger partial charge in [0.2, 0.25) is 0 Å². The van der Waals surface area contributed by atoms with Crippen molar-refractivity contribution in [3.05, 3.63) is 16.4 Å². The fourth-order valence-electron chi connectivity index (χ4n) is 1.55. The summed E-state index contributed by atoms with van der Waals surface area (Å²) in [7, 11) is 1.97. The molecule has 1 heterocycles. The van der Waals surface area contributed by atoms with Crippen molar-refractivity contribution in [3.63, 3.8) is 0 Å². The zero-order valence-corrected chi connectivity index (χ0v) is 11.1. The van der Waals surface area contributed by atoms with Crippen LogP contribution in [0.25, 0.3) is 0 Å². The van der Waals surface area contributed by atoms with Crippen molar-refractivity contribution in [2.24, 2.45) is 0 Å². The van der Waals surface area contributed by atoms with Crippen LogP contribution in [0.1, 0.15) is 25.2 Å². The van der Waals surface area contributed by atoms with E-state index in [1.807, 2.05) is 32.5 Å². The lowest BCUT2D eigenvalue weighted by Crippen LogP contribution is -2.32. The Kier molecular flexibility index (Phi) is 4.77. The average Bonchev–Trinajstić information content (AvgIpc) is 2.55. The van der Waals surface area contributed by atoms with Gasteiger partial charge in [0.25, 0.3) is 0 Å². The van der Waals surface area contributed by atoms with Crippen LogP contribution in [0.2, 0.25) is 5.02 Å². The van der Waals surface area contributed by atoms with E-state index in [1.54, 1.807) is 0 Å². The van der Waals surface area contributed by atoms with E-state index in [1.165, 1.54) is 0 Å². The highest BCUT2D eigenvalue weighted by Crippen LogP contribution is 2.21. The largest absolute Gasteiger partial charge is 0.395 e. The summed E-state index contributed by atoms with van der Waals surface area (Å²) < 4.78 is 1.91. The van der Waals surface area contributed by atoms with Gasteiger partial charge in [-0.1, -0.05) is 11.6 Å². The van der Waals surface area contributed by atoms with Crippen LogP contribution in [0.3, 0.4) is 0 Å². The molecular formula is C11H20ClN3O. The van der Waals surface area contributed by atoms with Crippen molar-refractivity contribution >= 4 is 11.6 Å². The molecule has 1 aromatic heterocycles. The van der Waals surface area contributed by atoms with Gasteiger partial charge in [0.05, 0.1) is 23.0 Å². The molecule has 1 rings (SSSR count). The van der Waals surface area contributed by atoms with Crippen molar-refractivity contribution in [2.45, 2.75) is 39.9 Å². The third-order valence-electron chi connectivity index (χ3n) is 2.87. The zero-order valence-electron chi connectivity index (χ0n) is 10.4. The minimum absolute atomic E-state index is 0.122. The van der Waals surface area contributed by atoms with E-state index in [2.05, 4.69) is 10.00 Å². The summed E-state index contributed by atoms with van der Waals surface area (Å²) in [6, 6.07) is 0.122. The molecule has 92 valence electrons. The maximum absolute atomic E-state index is 9.09. The van der Waals surface area contributed by atoms with Gasteiger partial charge in [0, 0.05) is 19.1 Å². The van der Waals surface area contributed by atoms with Gasteiger partial charge >= 0.3 is 0 Å².